The first-order valence-corrected chi connectivity index (χ1v) is 15.7. The number of nitrogens with zero attached hydrogens (tertiary/aromatic N) is 1. The van der Waals surface area contributed by atoms with Gasteiger partial charge < -0.3 is 15.2 Å². The van der Waals surface area contributed by atoms with E-state index in [1.165, 1.54) is 7.05 Å². The van der Waals surface area contributed by atoms with Gasteiger partial charge in [-0.1, -0.05) is 140 Å². The van der Waals surface area contributed by atoms with Gasteiger partial charge in [0.2, 0.25) is 5.91 Å². The summed E-state index contributed by atoms with van der Waals surface area (Å²) in [7, 11) is 1.40. The maximum Gasteiger partial charge on any atom is 0.410 e. The standard InChI is InChI=1S/C40H36N2O5/c1-42(39(46)47-27-35-33-23-13-11-21-31(33)32-22-12-14-24-34(32)35)36(38(44)45)25-26-37(43)41-40(28-15-5-2-6-16-28,29-17-7-3-8-18-29)30-19-9-4-10-20-30/h2-24,35-36H,25-27H2,1H3,(H,41,43)(H,44,45). The zero-order valence-corrected chi connectivity index (χ0v) is 26.1. The van der Waals surface area contributed by atoms with E-state index in [4.69, 9.17) is 4.74 Å². The Kier molecular flexibility index (Phi) is 9.16. The van der Waals surface area contributed by atoms with E-state index >= 15 is 0 Å². The van der Waals surface area contributed by atoms with E-state index in [9.17, 15) is 19.5 Å². The van der Waals surface area contributed by atoms with Gasteiger partial charge in [0.05, 0.1) is 0 Å². The zero-order chi connectivity index (χ0) is 32.8. The summed E-state index contributed by atoms with van der Waals surface area (Å²) in [6, 6.07) is 43.8. The van der Waals surface area contributed by atoms with Crippen LogP contribution in [0.25, 0.3) is 11.1 Å². The molecule has 6 rings (SSSR count). The lowest BCUT2D eigenvalue weighted by Gasteiger charge is -2.37. The second-order valence-corrected chi connectivity index (χ2v) is 11.7. The van der Waals surface area contributed by atoms with Crippen molar-refractivity contribution >= 4 is 18.0 Å². The summed E-state index contributed by atoms with van der Waals surface area (Å²) >= 11 is 0. The van der Waals surface area contributed by atoms with Crippen LogP contribution in [0.3, 0.4) is 0 Å². The lowest BCUT2D eigenvalue weighted by molar-refractivity contribution is -0.142. The van der Waals surface area contributed by atoms with Crippen molar-refractivity contribution in [3.05, 3.63) is 167 Å². The topological polar surface area (TPSA) is 95.9 Å². The first-order valence-electron chi connectivity index (χ1n) is 15.7. The predicted octanol–water partition coefficient (Wildman–Crippen LogP) is 7.21. The lowest BCUT2D eigenvalue weighted by Crippen LogP contribution is -2.49. The Balaban J connectivity index is 1.18. The quantitative estimate of drug-likeness (QED) is 0.152. The van der Waals surface area contributed by atoms with Crippen molar-refractivity contribution in [1.29, 1.82) is 0 Å². The summed E-state index contributed by atoms with van der Waals surface area (Å²) in [6.07, 6.45) is -0.991. The predicted molar refractivity (Wildman–Crippen MR) is 181 cm³/mol. The van der Waals surface area contributed by atoms with Crippen LogP contribution in [0, 0.1) is 0 Å². The number of benzene rings is 5. The third-order valence-electron chi connectivity index (χ3n) is 8.97. The number of carboxylic acid groups (broad SMARTS) is 1. The van der Waals surface area contributed by atoms with Gasteiger partial charge in [-0.2, -0.15) is 0 Å². The van der Waals surface area contributed by atoms with Crippen molar-refractivity contribution in [2.24, 2.45) is 0 Å². The van der Waals surface area contributed by atoms with Crippen molar-refractivity contribution in [2.75, 3.05) is 13.7 Å². The zero-order valence-electron chi connectivity index (χ0n) is 26.1. The molecule has 1 aliphatic carbocycles. The number of amides is 2. The molecule has 7 heteroatoms. The molecule has 0 heterocycles. The van der Waals surface area contributed by atoms with Crippen LogP contribution in [-0.2, 0) is 19.9 Å². The van der Waals surface area contributed by atoms with E-state index in [1.807, 2.05) is 127 Å². The van der Waals surface area contributed by atoms with E-state index in [1.54, 1.807) is 0 Å². The maximum atomic E-state index is 13.8. The number of carboxylic acids is 1. The van der Waals surface area contributed by atoms with Gasteiger partial charge in [0.1, 0.15) is 18.2 Å². The molecule has 236 valence electrons. The van der Waals surface area contributed by atoms with Gasteiger partial charge in [0, 0.05) is 19.4 Å². The molecule has 5 aromatic rings. The van der Waals surface area contributed by atoms with Crippen molar-refractivity contribution in [3.8, 4) is 11.1 Å². The highest BCUT2D eigenvalue weighted by atomic mass is 16.6. The minimum Gasteiger partial charge on any atom is -0.480 e. The van der Waals surface area contributed by atoms with E-state index in [2.05, 4.69) is 17.4 Å². The van der Waals surface area contributed by atoms with Gasteiger partial charge in [-0.05, 0) is 45.4 Å². The van der Waals surface area contributed by atoms with Crippen LogP contribution in [0.4, 0.5) is 4.79 Å². The van der Waals surface area contributed by atoms with E-state index < -0.39 is 23.6 Å². The highest BCUT2D eigenvalue weighted by Crippen LogP contribution is 2.44. The smallest absolute Gasteiger partial charge is 0.410 e. The molecule has 0 bridgehead atoms. The summed E-state index contributed by atoms with van der Waals surface area (Å²) in [6.45, 7) is 0.0672. The molecule has 1 atom stereocenters. The molecular formula is C40H36N2O5. The first kappa shape index (κ1) is 31.3. The Morgan fingerprint density at radius 2 is 1.13 bits per heavy atom. The second kappa shape index (κ2) is 13.7. The van der Waals surface area contributed by atoms with Gasteiger partial charge in [0.25, 0.3) is 0 Å². The fraction of sp³-hybridized carbons (Fsp3) is 0.175. The summed E-state index contributed by atoms with van der Waals surface area (Å²) in [5, 5.41) is 13.4. The van der Waals surface area contributed by atoms with Crippen molar-refractivity contribution in [3.63, 3.8) is 0 Å². The first-order chi connectivity index (χ1) is 22.9. The number of carbonyl (C=O) groups is 3. The molecule has 0 aromatic heterocycles. The summed E-state index contributed by atoms with van der Waals surface area (Å²) in [5.74, 6) is -1.72. The van der Waals surface area contributed by atoms with Crippen LogP contribution in [0.2, 0.25) is 0 Å². The Morgan fingerprint density at radius 1 is 0.702 bits per heavy atom. The molecule has 0 fully saturated rings. The van der Waals surface area contributed by atoms with Gasteiger partial charge >= 0.3 is 12.1 Å². The fourth-order valence-corrected chi connectivity index (χ4v) is 6.63. The number of likely N-dealkylation sites (N-methyl/N-ethyl adjacent to an activating group) is 1. The van der Waals surface area contributed by atoms with Crippen LogP contribution >= 0.6 is 0 Å². The van der Waals surface area contributed by atoms with Gasteiger partial charge in [-0.3, -0.25) is 9.69 Å². The normalized spacial score (nSPS) is 12.8. The SMILES string of the molecule is CN(C(=O)OCC1c2ccccc2-c2ccccc21)C(CCC(=O)NC(c1ccccc1)(c1ccccc1)c1ccccc1)C(=O)O. The van der Waals surface area contributed by atoms with Gasteiger partial charge in [0.15, 0.2) is 0 Å². The van der Waals surface area contributed by atoms with Crippen molar-refractivity contribution in [1.82, 2.24) is 10.2 Å². The Bertz CT molecular complexity index is 1720. The number of aliphatic carboxylic acids is 1. The Hall–Kier alpha value is -5.69. The molecule has 2 N–H and O–H groups in total. The molecule has 1 aliphatic rings. The van der Waals surface area contributed by atoms with Crippen LogP contribution in [-0.4, -0.2) is 47.7 Å². The summed E-state index contributed by atoms with van der Waals surface area (Å²) < 4.78 is 5.72. The monoisotopic (exact) mass is 624 g/mol. The minimum atomic E-state index is -1.27. The number of hydrogen-bond acceptors (Lipinski definition) is 4. The van der Waals surface area contributed by atoms with Crippen molar-refractivity contribution < 1.29 is 24.2 Å². The average molecular weight is 625 g/mol. The number of carbonyl (C=O) groups excluding carboxylic acids is 2. The molecular weight excluding hydrogens is 588 g/mol. The number of rotatable bonds is 11. The van der Waals surface area contributed by atoms with E-state index in [-0.39, 0.29) is 31.3 Å². The van der Waals surface area contributed by atoms with Gasteiger partial charge in [-0.25, -0.2) is 9.59 Å². The number of fused-ring (bicyclic) bond motifs is 3. The Morgan fingerprint density at radius 3 is 1.57 bits per heavy atom. The molecule has 0 saturated heterocycles. The molecule has 0 radical (unpaired) electrons. The van der Waals surface area contributed by atoms with E-state index in [0.717, 1.165) is 43.8 Å². The third kappa shape index (κ3) is 6.25. The number of hydrogen-bond donors (Lipinski definition) is 2. The minimum absolute atomic E-state index is 0.0672. The van der Waals surface area contributed by atoms with Crippen molar-refractivity contribution in [2.45, 2.75) is 30.3 Å². The summed E-state index contributed by atoms with van der Waals surface area (Å²) in [5.41, 5.74) is 5.87. The average Bonchev–Trinajstić information content (AvgIpc) is 3.44. The largest absolute Gasteiger partial charge is 0.480 e. The van der Waals surface area contributed by atoms with Crippen LogP contribution in [0.1, 0.15) is 46.6 Å². The number of nitrogens with one attached hydrogen (secondary N) is 1. The van der Waals surface area contributed by atoms with Crippen LogP contribution < -0.4 is 5.32 Å². The highest BCUT2D eigenvalue weighted by Gasteiger charge is 2.38. The highest BCUT2D eigenvalue weighted by molar-refractivity contribution is 5.83. The molecule has 2 amide bonds. The molecule has 7 nitrogen and oxygen atoms in total. The lowest BCUT2D eigenvalue weighted by atomic mass is 9.77. The second-order valence-electron chi connectivity index (χ2n) is 11.7. The Labute approximate surface area is 274 Å². The molecule has 0 saturated carbocycles. The molecule has 5 aromatic carbocycles. The van der Waals surface area contributed by atoms with Crippen LogP contribution in [0.15, 0.2) is 140 Å². The molecule has 0 aliphatic heterocycles. The molecule has 1 unspecified atom stereocenters. The van der Waals surface area contributed by atoms with Crippen LogP contribution in [0.5, 0.6) is 0 Å². The third-order valence-corrected chi connectivity index (χ3v) is 8.97. The fourth-order valence-electron chi connectivity index (χ4n) is 6.63. The number of ether oxygens (including phenoxy) is 1. The maximum absolute atomic E-state index is 13.8. The molecule has 47 heavy (non-hydrogen) atoms. The van der Waals surface area contributed by atoms with Gasteiger partial charge in [-0.15, -0.1) is 0 Å². The van der Waals surface area contributed by atoms with E-state index in [0.29, 0.717) is 0 Å². The summed E-state index contributed by atoms with van der Waals surface area (Å²) in [4.78, 5) is 40.5. The molecule has 0 spiro atoms.